The predicted octanol–water partition coefficient (Wildman–Crippen LogP) is 1.47. The largest absolute Gasteiger partial charge is 0.393 e. The quantitative estimate of drug-likeness (QED) is 0.587. The lowest BCUT2D eigenvalue weighted by molar-refractivity contribution is -0.120. The molecule has 0 saturated heterocycles. The summed E-state index contributed by atoms with van der Waals surface area (Å²) < 4.78 is 0. The summed E-state index contributed by atoms with van der Waals surface area (Å²) in [6.45, 7) is 0.639. The number of thiocarbonyl (C=S) groups is 1. The minimum atomic E-state index is 0.0522. The normalized spacial score (nSPS) is 9.87. The number of amides is 1. The highest BCUT2D eigenvalue weighted by atomic mass is 32.1. The maximum absolute atomic E-state index is 11.4. The summed E-state index contributed by atoms with van der Waals surface area (Å²) in [6, 6.07) is 1.96. The molecular weight excluding hydrogens is 228 g/mol. The minimum Gasteiger partial charge on any atom is -0.393 e. The molecule has 0 spiro atoms. The van der Waals surface area contributed by atoms with E-state index in [0.717, 1.165) is 12.0 Å². The van der Waals surface area contributed by atoms with Gasteiger partial charge in [0.25, 0.3) is 0 Å². The third-order valence-electron chi connectivity index (χ3n) is 1.87. The van der Waals surface area contributed by atoms with Crippen LogP contribution >= 0.6 is 23.6 Å². The molecule has 15 heavy (non-hydrogen) atoms. The Balaban J connectivity index is 2.11. The van der Waals surface area contributed by atoms with Crippen LogP contribution in [0.5, 0.6) is 0 Å². The SMILES string of the molecule is NC(=S)CCCNC(=O)Cc1ccsc1. The molecule has 0 aromatic carbocycles. The fourth-order valence-electron chi connectivity index (χ4n) is 1.13. The molecule has 0 bridgehead atoms. The highest BCUT2D eigenvalue weighted by Crippen LogP contribution is 2.06. The summed E-state index contributed by atoms with van der Waals surface area (Å²) in [6.07, 6.45) is 1.95. The molecule has 3 N–H and O–H groups in total. The van der Waals surface area contributed by atoms with Crippen LogP contribution in [0.25, 0.3) is 0 Å². The molecule has 82 valence electrons. The van der Waals surface area contributed by atoms with Gasteiger partial charge in [0.2, 0.25) is 5.91 Å². The molecule has 0 radical (unpaired) electrons. The number of hydrogen-bond donors (Lipinski definition) is 2. The fourth-order valence-corrected chi connectivity index (χ4v) is 1.94. The Labute approximate surface area is 98.7 Å². The van der Waals surface area contributed by atoms with E-state index < -0.39 is 0 Å². The second-order valence-electron chi connectivity index (χ2n) is 3.23. The van der Waals surface area contributed by atoms with E-state index >= 15 is 0 Å². The molecule has 3 nitrogen and oxygen atoms in total. The van der Waals surface area contributed by atoms with Crippen LogP contribution in [0, 0.1) is 0 Å². The summed E-state index contributed by atoms with van der Waals surface area (Å²) in [7, 11) is 0. The number of nitrogens with one attached hydrogen (secondary N) is 1. The molecule has 1 aromatic heterocycles. The van der Waals surface area contributed by atoms with Crippen molar-refractivity contribution in [3.05, 3.63) is 22.4 Å². The fraction of sp³-hybridized carbons (Fsp3) is 0.400. The first kappa shape index (κ1) is 12.1. The Morgan fingerprint density at radius 3 is 3.00 bits per heavy atom. The van der Waals surface area contributed by atoms with Crippen molar-refractivity contribution in [1.29, 1.82) is 0 Å². The first-order valence-electron chi connectivity index (χ1n) is 4.74. The van der Waals surface area contributed by atoms with Crippen molar-refractivity contribution < 1.29 is 4.79 Å². The number of carbonyl (C=O) groups excluding carboxylic acids is 1. The summed E-state index contributed by atoms with van der Waals surface area (Å²) in [5.74, 6) is 0.0522. The van der Waals surface area contributed by atoms with Gasteiger partial charge in [-0.25, -0.2) is 0 Å². The smallest absolute Gasteiger partial charge is 0.224 e. The van der Waals surface area contributed by atoms with Crippen molar-refractivity contribution in [3.63, 3.8) is 0 Å². The molecule has 0 fully saturated rings. The van der Waals surface area contributed by atoms with E-state index in [2.05, 4.69) is 5.32 Å². The van der Waals surface area contributed by atoms with Crippen LogP contribution in [-0.4, -0.2) is 17.4 Å². The monoisotopic (exact) mass is 242 g/mol. The maximum atomic E-state index is 11.4. The van der Waals surface area contributed by atoms with Crippen molar-refractivity contribution in [3.8, 4) is 0 Å². The first-order valence-corrected chi connectivity index (χ1v) is 6.09. The zero-order chi connectivity index (χ0) is 11.1. The summed E-state index contributed by atoms with van der Waals surface area (Å²) >= 11 is 6.33. The zero-order valence-corrected chi connectivity index (χ0v) is 10.00. The van der Waals surface area contributed by atoms with E-state index in [1.54, 1.807) is 11.3 Å². The van der Waals surface area contributed by atoms with Gasteiger partial charge in [0.05, 0.1) is 11.4 Å². The number of thiophene rings is 1. The molecule has 1 heterocycles. The highest BCUT2D eigenvalue weighted by molar-refractivity contribution is 7.80. The Kier molecular flexibility index (Phi) is 5.28. The average Bonchev–Trinajstić information content (AvgIpc) is 2.64. The second-order valence-corrected chi connectivity index (χ2v) is 4.53. The number of hydrogen-bond acceptors (Lipinski definition) is 3. The van der Waals surface area contributed by atoms with Gasteiger partial charge in [0.15, 0.2) is 0 Å². The Hall–Kier alpha value is -0.940. The molecule has 0 aliphatic heterocycles. The van der Waals surface area contributed by atoms with Gasteiger partial charge >= 0.3 is 0 Å². The molecule has 0 aliphatic carbocycles. The van der Waals surface area contributed by atoms with Crippen molar-refractivity contribution >= 4 is 34.5 Å². The van der Waals surface area contributed by atoms with Gasteiger partial charge in [-0.2, -0.15) is 11.3 Å². The summed E-state index contributed by atoms with van der Waals surface area (Å²) in [5.41, 5.74) is 6.40. The van der Waals surface area contributed by atoms with Gasteiger partial charge in [-0.15, -0.1) is 0 Å². The molecule has 0 atom stereocenters. The minimum absolute atomic E-state index is 0.0522. The van der Waals surface area contributed by atoms with Crippen LogP contribution in [0.15, 0.2) is 16.8 Å². The van der Waals surface area contributed by atoms with Crippen molar-refractivity contribution in [2.75, 3.05) is 6.54 Å². The van der Waals surface area contributed by atoms with Gasteiger partial charge in [0.1, 0.15) is 0 Å². The van der Waals surface area contributed by atoms with Crippen molar-refractivity contribution in [1.82, 2.24) is 5.32 Å². The van der Waals surface area contributed by atoms with Gasteiger partial charge < -0.3 is 11.1 Å². The van der Waals surface area contributed by atoms with Crippen LogP contribution in [0.4, 0.5) is 0 Å². The average molecular weight is 242 g/mol. The van der Waals surface area contributed by atoms with Crippen LogP contribution in [-0.2, 0) is 11.2 Å². The second kappa shape index (κ2) is 6.53. The van der Waals surface area contributed by atoms with E-state index in [4.69, 9.17) is 18.0 Å². The lowest BCUT2D eigenvalue weighted by atomic mass is 10.2. The number of nitrogens with two attached hydrogens (primary N) is 1. The Morgan fingerprint density at radius 2 is 2.40 bits per heavy atom. The first-order chi connectivity index (χ1) is 7.18. The molecule has 1 amide bonds. The predicted molar refractivity (Wildman–Crippen MR) is 67.1 cm³/mol. The molecule has 0 aliphatic rings. The van der Waals surface area contributed by atoms with Gasteiger partial charge in [-0.05, 0) is 35.2 Å². The van der Waals surface area contributed by atoms with Crippen LogP contribution < -0.4 is 11.1 Å². The van der Waals surface area contributed by atoms with Crippen LogP contribution in [0.2, 0.25) is 0 Å². The zero-order valence-electron chi connectivity index (χ0n) is 8.36. The van der Waals surface area contributed by atoms with E-state index in [-0.39, 0.29) is 5.91 Å². The Bertz CT molecular complexity index is 322. The van der Waals surface area contributed by atoms with E-state index in [1.807, 2.05) is 16.8 Å². The van der Waals surface area contributed by atoms with E-state index in [1.165, 1.54) is 0 Å². The van der Waals surface area contributed by atoms with Crippen molar-refractivity contribution in [2.24, 2.45) is 5.73 Å². The number of rotatable bonds is 6. The number of carbonyl (C=O) groups is 1. The molecular formula is C10H14N2OS2. The molecule has 0 saturated carbocycles. The van der Waals surface area contributed by atoms with Crippen LogP contribution in [0.3, 0.4) is 0 Å². The third-order valence-corrected chi connectivity index (χ3v) is 2.80. The lowest BCUT2D eigenvalue weighted by Gasteiger charge is -2.03. The van der Waals surface area contributed by atoms with Gasteiger partial charge in [-0.1, -0.05) is 12.2 Å². The molecule has 1 rings (SSSR count). The molecule has 0 unspecified atom stereocenters. The molecule has 1 aromatic rings. The molecule has 5 heteroatoms. The van der Waals surface area contributed by atoms with Crippen molar-refractivity contribution in [2.45, 2.75) is 19.3 Å². The summed E-state index contributed by atoms with van der Waals surface area (Å²) in [4.78, 5) is 11.9. The standard InChI is InChI=1S/C10H14N2OS2/c11-9(14)2-1-4-12-10(13)6-8-3-5-15-7-8/h3,5,7H,1-2,4,6H2,(H2,11,14)(H,12,13). The van der Waals surface area contributed by atoms with Gasteiger partial charge in [-0.3, -0.25) is 4.79 Å². The lowest BCUT2D eigenvalue weighted by Crippen LogP contribution is -2.26. The van der Waals surface area contributed by atoms with Gasteiger partial charge in [0, 0.05) is 6.54 Å². The van der Waals surface area contributed by atoms with Crippen LogP contribution in [0.1, 0.15) is 18.4 Å². The Morgan fingerprint density at radius 1 is 1.60 bits per heavy atom. The van der Waals surface area contributed by atoms with E-state index in [9.17, 15) is 4.79 Å². The highest BCUT2D eigenvalue weighted by Gasteiger charge is 2.02. The third kappa shape index (κ3) is 5.49. The summed E-state index contributed by atoms with van der Waals surface area (Å²) in [5, 5.41) is 6.78. The van der Waals surface area contributed by atoms with E-state index in [0.29, 0.717) is 24.4 Å². The topological polar surface area (TPSA) is 55.1 Å². The maximum Gasteiger partial charge on any atom is 0.224 e.